The van der Waals surface area contributed by atoms with Gasteiger partial charge in [0.15, 0.2) is 0 Å². The lowest BCUT2D eigenvalue weighted by Crippen LogP contribution is -2.38. The maximum absolute atomic E-state index is 12.8. The standard InChI is InChI=1S/C21H26ClN5O5S/c1-3-26(4-2)33(31,32)17-6-7-18(19(13-17)27(29)30)25-11-9-15(10-12-25)21(28)24-20-8-5-16(22)14-23-20/h5-8,13-15H,3-4,9-12H2,1-2H3,(H,23,24,28). The fourth-order valence-electron chi connectivity index (χ4n) is 3.85. The van der Waals surface area contributed by atoms with E-state index in [9.17, 15) is 23.3 Å². The smallest absolute Gasteiger partial charge is 0.293 e. The van der Waals surface area contributed by atoms with Crippen molar-refractivity contribution in [3.8, 4) is 0 Å². The minimum absolute atomic E-state index is 0.105. The van der Waals surface area contributed by atoms with Crippen LogP contribution in [0, 0.1) is 16.0 Å². The second kappa shape index (κ2) is 10.4. The predicted molar refractivity (Wildman–Crippen MR) is 126 cm³/mol. The van der Waals surface area contributed by atoms with Gasteiger partial charge in [-0.3, -0.25) is 14.9 Å². The van der Waals surface area contributed by atoms with Crippen molar-refractivity contribution in [1.29, 1.82) is 0 Å². The molecule has 2 aromatic rings. The van der Waals surface area contributed by atoms with Crippen molar-refractivity contribution in [3.05, 3.63) is 51.7 Å². The number of nitro benzene ring substituents is 1. The van der Waals surface area contributed by atoms with E-state index < -0.39 is 14.9 Å². The molecule has 1 aromatic carbocycles. The summed E-state index contributed by atoms with van der Waals surface area (Å²) in [4.78, 5) is 29.5. The van der Waals surface area contributed by atoms with Crippen LogP contribution in [0.2, 0.25) is 5.02 Å². The summed E-state index contributed by atoms with van der Waals surface area (Å²) in [6.45, 7) is 4.83. The van der Waals surface area contributed by atoms with E-state index in [4.69, 9.17) is 11.6 Å². The highest BCUT2D eigenvalue weighted by Gasteiger charge is 2.31. The highest BCUT2D eigenvalue weighted by Crippen LogP contribution is 2.34. The lowest BCUT2D eigenvalue weighted by Gasteiger charge is -2.32. The van der Waals surface area contributed by atoms with Crippen LogP contribution in [-0.4, -0.2) is 54.7 Å². The maximum atomic E-state index is 12.8. The van der Waals surface area contributed by atoms with Crippen LogP contribution in [0.4, 0.5) is 17.2 Å². The van der Waals surface area contributed by atoms with Crippen molar-refractivity contribution < 1.29 is 18.1 Å². The van der Waals surface area contributed by atoms with Crippen LogP contribution in [-0.2, 0) is 14.8 Å². The van der Waals surface area contributed by atoms with Crippen LogP contribution in [0.25, 0.3) is 0 Å². The molecule has 0 spiro atoms. The highest BCUT2D eigenvalue weighted by atomic mass is 35.5. The van der Waals surface area contributed by atoms with E-state index in [1.165, 1.54) is 22.6 Å². The fourth-order valence-corrected chi connectivity index (χ4v) is 5.44. The summed E-state index contributed by atoms with van der Waals surface area (Å²) in [5, 5.41) is 15.0. The Bertz CT molecular complexity index is 1110. The second-order valence-electron chi connectivity index (χ2n) is 7.61. The first-order chi connectivity index (χ1) is 15.7. The molecule has 1 amide bonds. The van der Waals surface area contributed by atoms with Gasteiger partial charge in [-0.1, -0.05) is 25.4 Å². The van der Waals surface area contributed by atoms with Crippen molar-refractivity contribution in [3.63, 3.8) is 0 Å². The molecule has 10 nitrogen and oxygen atoms in total. The van der Waals surface area contributed by atoms with E-state index in [0.717, 1.165) is 6.07 Å². The van der Waals surface area contributed by atoms with Crippen LogP contribution >= 0.6 is 11.6 Å². The number of piperidine rings is 1. The molecule has 0 bridgehead atoms. The van der Waals surface area contributed by atoms with Gasteiger partial charge < -0.3 is 10.2 Å². The minimum atomic E-state index is -3.81. The molecule has 0 aliphatic carbocycles. The Morgan fingerprint density at radius 2 is 1.91 bits per heavy atom. The van der Waals surface area contributed by atoms with E-state index in [1.807, 2.05) is 4.90 Å². The van der Waals surface area contributed by atoms with Crippen LogP contribution in [0.1, 0.15) is 26.7 Å². The predicted octanol–water partition coefficient (Wildman–Crippen LogP) is 3.53. The minimum Gasteiger partial charge on any atom is -0.366 e. The van der Waals surface area contributed by atoms with E-state index in [1.54, 1.807) is 26.0 Å². The first-order valence-corrected chi connectivity index (χ1v) is 12.4. The Morgan fingerprint density at radius 1 is 1.24 bits per heavy atom. The molecule has 0 unspecified atom stereocenters. The number of anilines is 2. The molecule has 33 heavy (non-hydrogen) atoms. The number of rotatable bonds is 8. The number of nitrogens with one attached hydrogen (secondary N) is 1. The SMILES string of the molecule is CCN(CC)S(=O)(=O)c1ccc(N2CCC(C(=O)Nc3ccc(Cl)cn3)CC2)c([N+](=O)[O-])c1. The van der Waals surface area contributed by atoms with E-state index in [2.05, 4.69) is 10.3 Å². The number of nitrogens with zero attached hydrogens (tertiary/aromatic N) is 4. The van der Waals surface area contributed by atoms with Gasteiger partial charge in [0.25, 0.3) is 5.69 Å². The summed E-state index contributed by atoms with van der Waals surface area (Å²) >= 11 is 5.81. The number of amides is 1. The van der Waals surface area contributed by atoms with Gasteiger partial charge in [-0.2, -0.15) is 4.31 Å². The van der Waals surface area contributed by atoms with Crippen LogP contribution < -0.4 is 10.2 Å². The topological polar surface area (TPSA) is 126 Å². The third-order valence-electron chi connectivity index (χ3n) is 5.67. The third-order valence-corrected chi connectivity index (χ3v) is 7.94. The Labute approximate surface area is 197 Å². The Balaban J connectivity index is 1.73. The number of nitro groups is 1. The number of carbonyl (C=O) groups excluding carboxylic acids is 1. The zero-order valence-corrected chi connectivity index (χ0v) is 20.0. The lowest BCUT2D eigenvalue weighted by atomic mass is 9.95. The monoisotopic (exact) mass is 495 g/mol. The van der Waals surface area contributed by atoms with Crippen LogP contribution in [0.5, 0.6) is 0 Å². The molecule has 3 rings (SSSR count). The van der Waals surface area contributed by atoms with E-state index in [-0.39, 0.29) is 35.5 Å². The number of hydrogen-bond acceptors (Lipinski definition) is 7. The molecule has 0 radical (unpaired) electrons. The number of aromatic nitrogens is 1. The average molecular weight is 496 g/mol. The van der Waals surface area contributed by atoms with Gasteiger partial charge in [0.1, 0.15) is 11.5 Å². The van der Waals surface area contributed by atoms with E-state index >= 15 is 0 Å². The molecule has 0 atom stereocenters. The molecule has 1 aliphatic rings. The number of sulfonamides is 1. The number of hydrogen-bond donors (Lipinski definition) is 1. The summed E-state index contributed by atoms with van der Waals surface area (Å²) in [6, 6.07) is 7.25. The molecule has 178 valence electrons. The van der Waals surface area contributed by atoms with Gasteiger partial charge in [0.05, 0.1) is 14.8 Å². The average Bonchev–Trinajstić information content (AvgIpc) is 2.80. The van der Waals surface area contributed by atoms with Gasteiger partial charge in [-0.05, 0) is 37.1 Å². The van der Waals surface area contributed by atoms with Crippen molar-refractivity contribution in [2.45, 2.75) is 31.6 Å². The van der Waals surface area contributed by atoms with Gasteiger partial charge in [-0.15, -0.1) is 0 Å². The Hall–Kier alpha value is -2.76. The van der Waals surface area contributed by atoms with E-state index in [0.29, 0.717) is 42.5 Å². The highest BCUT2D eigenvalue weighted by molar-refractivity contribution is 7.89. The first-order valence-electron chi connectivity index (χ1n) is 10.6. The number of halogens is 1. The number of carbonyl (C=O) groups is 1. The second-order valence-corrected chi connectivity index (χ2v) is 9.98. The molecule has 2 heterocycles. The molecule has 1 aromatic heterocycles. The molecule has 12 heteroatoms. The van der Waals surface area contributed by atoms with Crippen molar-refractivity contribution in [1.82, 2.24) is 9.29 Å². The third kappa shape index (κ3) is 5.60. The number of pyridine rings is 1. The Kier molecular flexibility index (Phi) is 7.88. The summed E-state index contributed by atoms with van der Waals surface area (Å²) in [5.74, 6) is -0.0211. The molecule has 0 saturated carbocycles. The van der Waals surface area contributed by atoms with Gasteiger partial charge in [0.2, 0.25) is 15.9 Å². The fraction of sp³-hybridized carbons (Fsp3) is 0.429. The molecular formula is C21H26ClN5O5S. The van der Waals surface area contributed by atoms with Gasteiger partial charge >= 0.3 is 0 Å². The van der Waals surface area contributed by atoms with Gasteiger partial charge in [0, 0.05) is 44.4 Å². The molecule has 1 saturated heterocycles. The maximum Gasteiger partial charge on any atom is 0.293 e. The van der Waals surface area contributed by atoms with Crippen LogP contribution in [0.15, 0.2) is 41.4 Å². The van der Waals surface area contributed by atoms with Crippen molar-refractivity contribution in [2.75, 3.05) is 36.4 Å². The first kappa shape index (κ1) is 24.9. The summed E-state index contributed by atoms with van der Waals surface area (Å²) < 4.78 is 26.8. The molecular weight excluding hydrogens is 470 g/mol. The number of benzene rings is 1. The molecule has 1 N–H and O–H groups in total. The zero-order chi connectivity index (χ0) is 24.2. The summed E-state index contributed by atoms with van der Waals surface area (Å²) in [5.41, 5.74) is 0.0771. The summed E-state index contributed by atoms with van der Waals surface area (Å²) in [7, 11) is -3.81. The van der Waals surface area contributed by atoms with Crippen molar-refractivity contribution in [2.24, 2.45) is 5.92 Å². The largest absolute Gasteiger partial charge is 0.366 e. The van der Waals surface area contributed by atoms with Crippen molar-refractivity contribution >= 4 is 44.7 Å². The molecule has 1 aliphatic heterocycles. The Morgan fingerprint density at radius 3 is 2.45 bits per heavy atom. The summed E-state index contributed by atoms with van der Waals surface area (Å²) in [6.07, 6.45) is 2.44. The lowest BCUT2D eigenvalue weighted by molar-refractivity contribution is -0.384. The quantitative estimate of drug-likeness (QED) is 0.438. The zero-order valence-electron chi connectivity index (χ0n) is 18.4. The molecule has 1 fully saturated rings. The van der Waals surface area contributed by atoms with Gasteiger partial charge in [-0.25, -0.2) is 13.4 Å². The normalized spacial score (nSPS) is 15.0. The van der Waals surface area contributed by atoms with Crippen LogP contribution in [0.3, 0.4) is 0 Å².